The van der Waals surface area contributed by atoms with Crippen LogP contribution in [0, 0.1) is 13.8 Å². The molecule has 2 aromatic rings. The molecule has 1 heterocycles. The molecule has 0 spiro atoms. The lowest BCUT2D eigenvalue weighted by molar-refractivity contribution is -0.121. The molecule has 1 fully saturated rings. The van der Waals surface area contributed by atoms with Crippen molar-refractivity contribution in [2.75, 3.05) is 21.3 Å². The molecular formula is C21H22N2O3S. The maximum absolute atomic E-state index is 12.6. The van der Waals surface area contributed by atoms with Crippen molar-refractivity contribution in [1.29, 1.82) is 0 Å². The Morgan fingerprint density at radius 3 is 2.48 bits per heavy atom. The summed E-state index contributed by atoms with van der Waals surface area (Å²) in [5.74, 6) is 1.21. The minimum absolute atomic E-state index is 0.0705. The van der Waals surface area contributed by atoms with Crippen molar-refractivity contribution in [1.82, 2.24) is 4.90 Å². The van der Waals surface area contributed by atoms with Crippen LogP contribution in [0.5, 0.6) is 11.5 Å². The third-order valence-electron chi connectivity index (χ3n) is 4.29. The van der Waals surface area contributed by atoms with Gasteiger partial charge in [0.2, 0.25) is 0 Å². The number of carbonyl (C=O) groups excluding carboxylic acids is 1. The average molecular weight is 382 g/mol. The van der Waals surface area contributed by atoms with Gasteiger partial charge in [-0.15, -0.1) is 0 Å². The first-order chi connectivity index (χ1) is 12.9. The number of amides is 1. The van der Waals surface area contributed by atoms with E-state index >= 15 is 0 Å². The zero-order valence-electron chi connectivity index (χ0n) is 16.1. The lowest BCUT2D eigenvalue weighted by atomic mass is 10.1. The maximum atomic E-state index is 12.6. The highest BCUT2D eigenvalue weighted by atomic mass is 32.2. The molecule has 6 heteroatoms. The Bertz CT molecular complexity index is 950. The van der Waals surface area contributed by atoms with Crippen molar-refractivity contribution >= 4 is 34.6 Å². The average Bonchev–Trinajstić information content (AvgIpc) is 2.92. The fourth-order valence-corrected chi connectivity index (χ4v) is 3.67. The van der Waals surface area contributed by atoms with Crippen LogP contribution in [0.15, 0.2) is 46.3 Å². The van der Waals surface area contributed by atoms with Gasteiger partial charge in [0.1, 0.15) is 0 Å². The largest absolute Gasteiger partial charge is 0.493 e. The van der Waals surface area contributed by atoms with Gasteiger partial charge >= 0.3 is 0 Å². The monoisotopic (exact) mass is 382 g/mol. The van der Waals surface area contributed by atoms with Crippen molar-refractivity contribution in [3.05, 3.63) is 58.0 Å². The van der Waals surface area contributed by atoms with Crippen LogP contribution in [0.25, 0.3) is 6.08 Å². The minimum atomic E-state index is -0.0705. The lowest BCUT2D eigenvalue weighted by Crippen LogP contribution is -2.23. The molecule has 1 aliphatic heterocycles. The van der Waals surface area contributed by atoms with Crippen molar-refractivity contribution in [2.24, 2.45) is 4.99 Å². The Morgan fingerprint density at radius 2 is 1.78 bits per heavy atom. The van der Waals surface area contributed by atoms with E-state index in [-0.39, 0.29) is 5.91 Å². The molecule has 0 N–H and O–H groups in total. The van der Waals surface area contributed by atoms with Crippen LogP contribution in [0.4, 0.5) is 5.69 Å². The molecule has 0 aliphatic carbocycles. The molecule has 140 valence electrons. The van der Waals surface area contributed by atoms with E-state index in [1.807, 2.05) is 50.3 Å². The first-order valence-corrected chi connectivity index (χ1v) is 9.30. The molecule has 0 radical (unpaired) electrons. The number of hydrogen-bond acceptors (Lipinski definition) is 5. The Labute approximate surface area is 163 Å². The number of nitrogens with zero attached hydrogens (tertiary/aromatic N) is 2. The zero-order chi connectivity index (χ0) is 19.6. The predicted molar refractivity (Wildman–Crippen MR) is 111 cm³/mol. The Morgan fingerprint density at radius 1 is 1.04 bits per heavy atom. The van der Waals surface area contributed by atoms with E-state index in [0.717, 1.165) is 22.4 Å². The second-order valence-electron chi connectivity index (χ2n) is 6.27. The summed E-state index contributed by atoms with van der Waals surface area (Å²) in [7, 11) is 4.93. The van der Waals surface area contributed by atoms with E-state index in [0.29, 0.717) is 21.6 Å². The van der Waals surface area contributed by atoms with Gasteiger partial charge in [0.05, 0.1) is 24.8 Å². The number of carbonyl (C=O) groups is 1. The number of aliphatic imine (C=N–C) groups is 1. The smallest absolute Gasteiger partial charge is 0.266 e. The molecule has 1 amide bonds. The number of thioether (sulfide) groups is 1. The summed E-state index contributed by atoms with van der Waals surface area (Å²) < 4.78 is 10.6. The zero-order valence-corrected chi connectivity index (χ0v) is 16.9. The summed E-state index contributed by atoms with van der Waals surface area (Å²) in [5.41, 5.74) is 3.96. The Balaban J connectivity index is 1.93. The summed E-state index contributed by atoms with van der Waals surface area (Å²) >= 11 is 1.37. The molecule has 0 bridgehead atoms. The molecule has 2 aromatic carbocycles. The third kappa shape index (κ3) is 4.01. The highest BCUT2D eigenvalue weighted by Gasteiger charge is 2.30. The van der Waals surface area contributed by atoms with Gasteiger partial charge in [-0.3, -0.25) is 9.69 Å². The third-order valence-corrected chi connectivity index (χ3v) is 5.35. The van der Waals surface area contributed by atoms with Crippen LogP contribution in [-0.4, -0.2) is 37.2 Å². The number of aryl methyl sites for hydroxylation is 2. The highest BCUT2D eigenvalue weighted by Crippen LogP contribution is 2.35. The van der Waals surface area contributed by atoms with E-state index in [9.17, 15) is 4.79 Å². The lowest BCUT2D eigenvalue weighted by Gasteiger charge is -2.09. The molecule has 1 aliphatic rings. The quantitative estimate of drug-likeness (QED) is 0.728. The number of amidine groups is 1. The summed E-state index contributed by atoms with van der Waals surface area (Å²) in [5, 5.41) is 0.667. The van der Waals surface area contributed by atoms with Crippen LogP contribution < -0.4 is 9.47 Å². The van der Waals surface area contributed by atoms with Gasteiger partial charge in [-0.25, -0.2) is 4.99 Å². The van der Waals surface area contributed by atoms with Crippen molar-refractivity contribution in [2.45, 2.75) is 13.8 Å². The number of rotatable bonds is 4. The molecule has 0 atom stereocenters. The van der Waals surface area contributed by atoms with E-state index in [1.54, 1.807) is 26.2 Å². The summed E-state index contributed by atoms with van der Waals surface area (Å²) in [6.45, 7) is 4.04. The molecule has 1 saturated heterocycles. The van der Waals surface area contributed by atoms with Crippen LogP contribution in [0.2, 0.25) is 0 Å². The second kappa shape index (κ2) is 7.88. The summed E-state index contributed by atoms with van der Waals surface area (Å²) in [6, 6.07) is 11.7. The Hall–Kier alpha value is -2.73. The van der Waals surface area contributed by atoms with Crippen LogP contribution in [-0.2, 0) is 4.79 Å². The molecule has 0 saturated carbocycles. The van der Waals surface area contributed by atoms with Gasteiger partial charge in [-0.1, -0.05) is 18.2 Å². The number of ether oxygens (including phenoxy) is 2. The summed E-state index contributed by atoms with van der Waals surface area (Å²) in [6.07, 6.45) is 1.84. The number of methoxy groups -OCH3 is 2. The standard InChI is InChI=1S/C21H22N2O3S/c1-13-6-7-14(2)16(10-13)22-21-23(3)20(24)19(27-21)12-15-8-9-17(25-4)18(11-15)26-5/h6-12H,1-5H3. The van der Waals surface area contributed by atoms with Crippen molar-refractivity contribution < 1.29 is 14.3 Å². The van der Waals surface area contributed by atoms with E-state index < -0.39 is 0 Å². The van der Waals surface area contributed by atoms with Crippen LogP contribution >= 0.6 is 11.8 Å². The highest BCUT2D eigenvalue weighted by molar-refractivity contribution is 8.18. The predicted octanol–water partition coefficient (Wildman–Crippen LogP) is 4.55. The van der Waals surface area contributed by atoms with Crippen LogP contribution in [0.1, 0.15) is 16.7 Å². The van der Waals surface area contributed by atoms with Gasteiger partial charge in [0.25, 0.3) is 5.91 Å². The van der Waals surface area contributed by atoms with Crippen molar-refractivity contribution in [3.63, 3.8) is 0 Å². The van der Waals surface area contributed by atoms with Crippen molar-refractivity contribution in [3.8, 4) is 11.5 Å². The van der Waals surface area contributed by atoms with E-state index in [4.69, 9.17) is 14.5 Å². The molecular weight excluding hydrogens is 360 g/mol. The SMILES string of the molecule is COc1ccc(C=C2SC(=Nc3cc(C)ccc3C)N(C)C2=O)cc1OC. The number of benzene rings is 2. The maximum Gasteiger partial charge on any atom is 0.266 e. The van der Waals surface area contributed by atoms with Crippen LogP contribution in [0.3, 0.4) is 0 Å². The Kier molecular flexibility index (Phi) is 5.56. The number of hydrogen-bond donors (Lipinski definition) is 0. The fourth-order valence-electron chi connectivity index (χ4n) is 2.69. The fraction of sp³-hybridized carbons (Fsp3) is 0.238. The van der Waals surface area contributed by atoms with E-state index in [1.165, 1.54) is 11.8 Å². The topological polar surface area (TPSA) is 51.1 Å². The molecule has 0 unspecified atom stereocenters. The first kappa shape index (κ1) is 19.0. The first-order valence-electron chi connectivity index (χ1n) is 8.48. The molecule has 5 nitrogen and oxygen atoms in total. The van der Waals surface area contributed by atoms with Gasteiger partial charge < -0.3 is 9.47 Å². The van der Waals surface area contributed by atoms with E-state index in [2.05, 4.69) is 6.07 Å². The molecule has 0 aromatic heterocycles. The summed E-state index contributed by atoms with van der Waals surface area (Å²) in [4.78, 5) is 19.5. The molecule has 27 heavy (non-hydrogen) atoms. The van der Waals surface area contributed by atoms with Gasteiger partial charge in [0, 0.05) is 7.05 Å². The van der Waals surface area contributed by atoms with Gasteiger partial charge in [0.15, 0.2) is 16.7 Å². The number of likely N-dealkylation sites (N-methyl/N-ethyl adjacent to an activating group) is 1. The van der Waals surface area contributed by atoms with Gasteiger partial charge in [-0.2, -0.15) is 0 Å². The second-order valence-corrected chi connectivity index (χ2v) is 7.28. The minimum Gasteiger partial charge on any atom is -0.493 e. The normalized spacial score (nSPS) is 17.1. The van der Waals surface area contributed by atoms with Gasteiger partial charge in [-0.05, 0) is 66.6 Å². The molecule has 3 rings (SSSR count).